The average molecular weight is 458 g/mol. The minimum atomic E-state index is -5.17. The van der Waals surface area contributed by atoms with E-state index in [1.165, 1.54) is 7.05 Å². The van der Waals surface area contributed by atoms with E-state index in [9.17, 15) is 45.4 Å². The SMILES string of the molecule is C[C@@H]1CN(C(=O)C(C)(O)C(F)(F)F)CC[C@@H]1N(C)C(=O)c1ccc(C(F)(F)F)cc1F. The third kappa shape index (κ3) is 4.94. The summed E-state index contributed by atoms with van der Waals surface area (Å²) in [4.78, 5) is 26.7. The van der Waals surface area contributed by atoms with Crippen LogP contribution in [0.2, 0.25) is 0 Å². The monoisotopic (exact) mass is 458 g/mol. The van der Waals surface area contributed by atoms with Crippen LogP contribution in [0.5, 0.6) is 0 Å². The topological polar surface area (TPSA) is 60.9 Å². The molecule has 0 saturated carbocycles. The van der Waals surface area contributed by atoms with Crippen molar-refractivity contribution in [1.29, 1.82) is 0 Å². The van der Waals surface area contributed by atoms with Gasteiger partial charge in [-0.1, -0.05) is 6.92 Å². The fourth-order valence-corrected chi connectivity index (χ4v) is 3.53. The Balaban J connectivity index is 2.14. The van der Waals surface area contributed by atoms with Crippen LogP contribution in [0.3, 0.4) is 0 Å². The highest BCUT2D eigenvalue weighted by molar-refractivity contribution is 5.94. The van der Waals surface area contributed by atoms with Gasteiger partial charge in [-0.05, 0) is 37.5 Å². The Labute approximate surface area is 173 Å². The van der Waals surface area contributed by atoms with Crippen LogP contribution in [-0.2, 0) is 11.0 Å². The molecule has 1 N–H and O–H groups in total. The van der Waals surface area contributed by atoms with Gasteiger partial charge in [0.15, 0.2) is 0 Å². The lowest BCUT2D eigenvalue weighted by molar-refractivity contribution is -0.251. The molecule has 1 unspecified atom stereocenters. The Kier molecular flexibility index (Phi) is 6.65. The second kappa shape index (κ2) is 8.29. The zero-order valence-corrected chi connectivity index (χ0v) is 16.8. The molecule has 1 heterocycles. The number of likely N-dealkylation sites (tertiary alicyclic amines) is 1. The number of amides is 2. The molecular formula is C19H21F7N2O3. The zero-order chi connectivity index (χ0) is 23.9. The Morgan fingerprint density at radius 2 is 1.74 bits per heavy atom. The molecule has 0 radical (unpaired) electrons. The summed E-state index contributed by atoms with van der Waals surface area (Å²) in [7, 11) is 1.30. The van der Waals surface area contributed by atoms with Gasteiger partial charge in [0.25, 0.3) is 11.8 Å². The van der Waals surface area contributed by atoms with Crippen LogP contribution in [0, 0.1) is 11.7 Å². The van der Waals surface area contributed by atoms with E-state index in [2.05, 4.69) is 0 Å². The van der Waals surface area contributed by atoms with E-state index in [0.717, 1.165) is 15.9 Å². The number of benzene rings is 1. The molecule has 1 aliphatic rings. The van der Waals surface area contributed by atoms with Crippen molar-refractivity contribution in [1.82, 2.24) is 9.80 Å². The smallest absolute Gasteiger partial charge is 0.373 e. The number of carbonyl (C=O) groups is 2. The molecule has 1 aromatic carbocycles. The van der Waals surface area contributed by atoms with Gasteiger partial charge in [-0.15, -0.1) is 0 Å². The van der Waals surface area contributed by atoms with Crippen LogP contribution >= 0.6 is 0 Å². The lowest BCUT2D eigenvalue weighted by Crippen LogP contribution is -2.60. The van der Waals surface area contributed by atoms with Gasteiger partial charge in [-0.3, -0.25) is 9.59 Å². The Morgan fingerprint density at radius 3 is 2.19 bits per heavy atom. The highest BCUT2D eigenvalue weighted by Crippen LogP contribution is 2.34. The fraction of sp³-hybridized carbons (Fsp3) is 0.579. The first-order chi connectivity index (χ1) is 14.0. The summed E-state index contributed by atoms with van der Waals surface area (Å²) in [5, 5.41) is 9.58. The van der Waals surface area contributed by atoms with Gasteiger partial charge in [-0.25, -0.2) is 4.39 Å². The van der Waals surface area contributed by atoms with Crippen molar-refractivity contribution in [3.8, 4) is 0 Å². The molecular weight excluding hydrogens is 437 g/mol. The first kappa shape index (κ1) is 24.9. The standard InChI is InChI=1S/C19H21F7N2O3/c1-10-9-28(16(30)17(2,31)19(24,25)26)7-6-14(10)27(3)15(29)12-5-4-11(8-13(12)20)18(21,22)23/h4-5,8,10,14,31H,6-7,9H2,1-3H3/t10-,14+,17?/m1/s1. The second-order valence-corrected chi connectivity index (χ2v) is 7.76. The van der Waals surface area contributed by atoms with Crippen LogP contribution in [0.15, 0.2) is 18.2 Å². The maximum absolute atomic E-state index is 14.1. The molecule has 5 nitrogen and oxygen atoms in total. The number of hydrogen-bond acceptors (Lipinski definition) is 3. The summed E-state index contributed by atoms with van der Waals surface area (Å²) in [5.74, 6) is -4.32. The van der Waals surface area contributed by atoms with Crippen molar-refractivity contribution in [2.45, 2.75) is 44.3 Å². The number of nitrogens with zero attached hydrogens (tertiary/aromatic N) is 2. The number of rotatable bonds is 3. The van der Waals surface area contributed by atoms with Crippen molar-refractivity contribution < 1.29 is 45.4 Å². The minimum Gasteiger partial charge on any atom is -0.373 e. The fourth-order valence-electron chi connectivity index (χ4n) is 3.53. The van der Waals surface area contributed by atoms with E-state index >= 15 is 0 Å². The normalized spacial score (nSPS) is 22.1. The number of aliphatic hydroxyl groups is 1. The molecule has 12 heteroatoms. The maximum atomic E-state index is 14.1. The summed E-state index contributed by atoms with van der Waals surface area (Å²) in [6, 6.07) is 0.897. The maximum Gasteiger partial charge on any atom is 0.426 e. The van der Waals surface area contributed by atoms with Crippen molar-refractivity contribution in [3.63, 3.8) is 0 Å². The predicted molar refractivity (Wildman–Crippen MR) is 94.3 cm³/mol. The molecule has 174 valence electrons. The van der Waals surface area contributed by atoms with E-state index in [0.29, 0.717) is 13.0 Å². The lowest BCUT2D eigenvalue weighted by atomic mass is 9.90. The number of alkyl halides is 6. The predicted octanol–water partition coefficient (Wildman–Crippen LogP) is 3.47. The first-order valence-corrected chi connectivity index (χ1v) is 9.21. The van der Waals surface area contributed by atoms with Gasteiger partial charge in [0.05, 0.1) is 11.1 Å². The molecule has 1 fully saturated rings. The Bertz CT molecular complexity index is 852. The van der Waals surface area contributed by atoms with Crippen LogP contribution < -0.4 is 0 Å². The molecule has 2 amide bonds. The van der Waals surface area contributed by atoms with Crippen LogP contribution in [0.1, 0.15) is 36.2 Å². The van der Waals surface area contributed by atoms with Crippen molar-refractivity contribution in [3.05, 3.63) is 35.1 Å². The summed E-state index contributed by atoms with van der Waals surface area (Å²) in [6.45, 7) is 1.50. The summed E-state index contributed by atoms with van der Waals surface area (Å²) in [6.07, 6.45) is -9.91. The molecule has 1 aromatic rings. The summed E-state index contributed by atoms with van der Waals surface area (Å²) < 4.78 is 90.9. The third-order valence-electron chi connectivity index (χ3n) is 5.46. The highest BCUT2D eigenvalue weighted by atomic mass is 19.4. The number of carbonyl (C=O) groups excluding carboxylic acids is 2. The highest BCUT2D eigenvalue weighted by Gasteiger charge is 2.57. The van der Waals surface area contributed by atoms with Gasteiger partial charge in [0.2, 0.25) is 5.60 Å². The average Bonchev–Trinajstić information content (AvgIpc) is 2.64. The van der Waals surface area contributed by atoms with E-state index in [1.54, 1.807) is 6.92 Å². The van der Waals surface area contributed by atoms with Gasteiger partial charge in [0.1, 0.15) is 5.82 Å². The van der Waals surface area contributed by atoms with Crippen LogP contribution in [0.4, 0.5) is 30.7 Å². The largest absolute Gasteiger partial charge is 0.426 e. The van der Waals surface area contributed by atoms with Gasteiger partial charge < -0.3 is 14.9 Å². The number of hydrogen-bond donors (Lipinski definition) is 1. The molecule has 0 aliphatic carbocycles. The molecule has 0 aromatic heterocycles. The lowest BCUT2D eigenvalue weighted by Gasteiger charge is -2.43. The quantitative estimate of drug-likeness (QED) is 0.706. The van der Waals surface area contributed by atoms with Crippen molar-refractivity contribution in [2.75, 3.05) is 20.1 Å². The third-order valence-corrected chi connectivity index (χ3v) is 5.46. The number of piperidine rings is 1. The van der Waals surface area contributed by atoms with E-state index in [-0.39, 0.29) is 25.6 Å². The van der Waals surface area contributed by atoms with E-state index in [4.69, 9.17) is 0 Å². The van der Waals surface area contributed by atoms with Gasteiger partial charge in [0, 0.05) is 26.2 Å². The van der Waals surface area contributed by atoms with Crippen molar-refractivity contribution >= 4 is 11.8 Å². The zero-order valence-electron chi connectivity index (χ0n) is 16.8. The molecule has 2 rings (SSSR count). The molecule has 3 atom stereocenters. The van der Waals surface area contributed by atoms with Gasteiger partial charge >= 0.3 is 12.4 Å². The van der Waals surface area contributed by atoms with E-state index in [1.807, 2.05) is 0 Å². The molecule has 1 saturated heterocycles. The molecule has 1 aliphatic heterocycles. The molecule has 0 bridgehead atoms. The molecule has 31 heavy (non-hydrogen) atoms. The summed E-state index contributed by atoms with van der Waals surface area (Å²) in [5.41, 5.74) is -5.40. The first-order valence-electron chi connectivity index (χ1n) is 9.21. The Hall–Kier alpha value is -2.37. The second-order valence-electron chi connectivity index (χ2n) is 7.76. The van der Waals surface area contributed by atoms with Crippen molar-refractivity contribution in [2.24, 2.45) is 5.92 Å². The van der Waals surface area contributed by atoms with Crippen LogP contribution in [-0.4, -0.2) is 64.7 Å². The number of halogens is 7. The van der Waals surface area contributed by atoms with E-state index < -0.39 is 58.7 Å². The Morgan fingerprint density at radius 1 is 1.16 bits per heavy atom. The summed E-state index contributed by atoms with van der Waals surface area (Å²) >= 11 is 0. The molecule has 0 spiro atoms. The van der Waals surface area contributed by atoms with Crippen LogP contribution in [0.25, 0.3) is 0 Å². The minimum absolute atomic E-state index is 0.0331. The van der Waals surface area contributed by atoms with Gasteiger partial charge in [-0.2, -0.15) is 26.3 Å².